The van der Waals surface area contributed by atoms with Crippen molar-refractivity contribution in [2.24, 2.45) is 5.92 Å². The molecule has 1 aromatic carbocycles. The maximum absolute atomic E-state index is 12.3. The van der Waals surface area contributed by atoms with Crippen LogP contribution in [0.3, 0.4) is 0 Å². The highest BCUT2D eigenvalue weighted by molar-refractivity contribution is 9.10. The fraction of sp³-hybridized carbons (Fsp3) is 0.438. The van der Waals surface area contributed by atoms with Crippen molar-refractivity contribution in [1.29, 1.82) is 0 Å². The number of carbonyl (C=O) groups is 1. The normalized spacial score (nSPS) is 18.4. The number of piperidine rings is 1. The van der Waals surface area contributed by atoms with Gasteiger partial charge in [0, 0.05) is 22.9 Å². The molecule has 2 heterocycles. The molecular weight excluding hydrogens is 401 g/mol. The number of carbonyl (C=O) groups excluding carboxylic acids is 1. The summed E-state index contributed by atoms with van der Waals surface area (Å²) in [6.45, 7) is -0.268. The number of nitrogens with zero attached hydrogens (tertiary/aromatic N) is 3. The van der Waals surface area contributed by atoms with Crippen molar-refractivity contribution < 1.29 is 18.0 Å². The van der Waals surface area contributed by atoms with Gasteiger partial charge < -0.3 is 10.2 Å². The molecule has 1 saturated heterocycles. The van der Waals surface area contributed by atoms with E-state index in [4.69, 9.17) is 0 Å². The van der Waals surface area contributed by atoms with Crippen LogP contribution >= 0.6 is 15.9 Å². The van der Waals surface area contributed by atoms with Crippen molar-refractivity contribution in [1.82, 2.24) is 15.3 Å². The van der Waals surface area contributed by atoms with Gasteiger partial charge in [0.25, 0.3) is 0 Å². The minimum atomic E-state index is -4.40. The molecule has 1 aromatic heterocycles. The molecule has 1 N–H and O–H groups in total. The van der Waals surface area contributed by atoms with Crippen molar-refractivity contribution in [3.05, 3.63) is 29.0 Å². The number of benzene rings is 1. The van der Waals surface area contributed by atoms with Gasteiger partial charge in [-0.25, -0.2) is 9.97 Å². The van der Waals surface area contributed by atoms with E-state index in [0.29, 0.717) is 31.7 Å². The first-order valence-corrected chi connectivity index (χ1v) is 8.62. The van der Waals surface area contributed by atoms with Crippen LogP contribution in [0.4, 0.5) is 19.0 Å². The molecule has 2 aromatic rings. The third kappa shape index (κ3) is 4.39. The summed E-state index contributed by atoms with van der Waals surface area (Å²) in [6, 6.07) is 5.64. The Balaban J connectivity index is 1.78. The number of rotatable bonds is 3. The molecule has 0 aliphatic carbocycles. The Morgan fingerprint density at radius 3 is 2.92 bits per heavy atom. The van der Waals surface area contributed by atoms with E-state index in [0.717, 1.165) is 15.4 Å². The highest BCUT2D eigenvalue weighted by Crippen LogP contribution is 2.29. The molecule has 0 saturated carbocycles. The topological polar surface area (TPSA) is 58.1 Å². The van der Waals surface area contributed by atoms with E-state index in [9.17, 15) is 18.0 Å². The van der Waals surface area contributed by atoms with Crippen LogP contribution < -0.4 is 10.2 Å². The van der Waals surface area contributed by atoms with Crippen LogP contribution in [0, 0.1) is 5.92 Å². The van der Waals surface area contributed by atoms with Gasteiger partial charge in [0.05, 0.1) is 11.4 Å². The van der Waals surface area contributed by atoms with Crippen LogP contribution in [0.1, 0.15) is 12.8 Å². The van der Waals surface area contributed by atoms with Gasteiger partial charge in [-0.05, 0) is 31.0 Å². The quantitative estimate of drug-likeness (QED) is 0.833. The second kappa shape index (κ2) is 7.15. The summed E-state index contributed by atoms with van der Waals surface area (Å²) in [5.74, 6) is -0.366. The Labute approximate surface area is 150 Å². The van der Waals surface area contributed by atoms with Crippen molar-refractivity contribution >= 4 is 38.6 Å². The zero-order chi connectivity index (χ0) is 18.0. The Morgan fingerprint density at radius 1 is 1.36 bits per heavy atom. The van der Waals surface area contributed by atoms with E-state index in [-0.39, 0.29) is 0 Å². The molecule has 0 spiro atoms. The second-order valence-corrected chi connectivity index (χ2v) is 6.89. The lowest BCUT2D eigenvalue weighted by atomic mass is 9.97. The number of nitrogens with one attached hydrogen (secondary N) is 1. The van der Waals surface area contributed by atoms with Gasteiger partial charge in [-0.15, -0.1) is 0 Å². The Bertz CT molecular complexity index is 784. The third-order valence-corrected chi connectivity index (χ3v) is 4.62. The first kappa shape index (κ1) is 17.9. The molecule has 0 bridgehead atoms. The number of aromatic nitrogens is 2. The number of fused-ring (bicyclic) bond motifs is 1. The van der Waals surface area contributed by atoms with Gasteiger partial charge in [-0.2, -0.15) is 13.2 Å². The number of anilines is 1. The molecule has 134 valence electrons. The molecule has 0 radical (unpaired) electrons. The van der Waals surface area contributed by atoms with Crippen LogP contribution in [-0.4, -0.2) is 41.7 Å². The third-order valence-electron chi connectivity index (χ3n) is 4.13. The Hall–Kier alpha value is -1.90. The molecular formula is C16H16BrF3N4O. The largest absolute Gasteiger partial charge is 0.405 e. The standard InChI is InChI=1S/C16H16BrF3N4O/c17-11-3-4-13-12(6-11)14(23-9-22-13)24-5-1-2-10(7-24)15(25)21-8-16(18,19)20/h3-4,6,9-10H,1-2,5,7-8H2,(H,21,25). The summed E-state index contributed by atoms with van der Waals surface area (Å²) in [5, 5.41) is 2.82. The zero-order valence-corrected chi connectivity index (χ0v) is 14.8. The Morgan fingerprint density at radius 2 is 2.16 bits per heavy atom. The molecule has 1 amide bonds. The summed E-state index contributed by atoms with van der Waals surface area (Å²) >= 11 is 3.42. The molecule has 25 heavy (non-hydrogen) atoms. The van der Waals surface area contributed by atoms with E-state index in [1.54, 1.807) is 0 Å². The van der Waals surface area contributed by atoms with E-state index in [1.807, 2.05) is 28.4 Å². The minimum absolute atomic E-state index is 0.336. The molecule has 1 aliphatic rings. The number of hydrogen-bond acceptors (Lipinski definition) is 4. The molecule has 1 fully saturated rings. The summed E-state index contributed by atoms with van der Waals surface area (Å²) in [4.78, 5) is 22.6. The van der Waals surface area contributed by atoms with E-state index in [1.165, 1.54) is 6.33 Å². The molecule has 3 rings (SSSR count). The van der Waals surface area contributed by atoms with Gasteiger partial charge in [0.1, 0.15) is 18.7 Å². The molecule has 1 atom stereocenters. The first-order chi connectivity index (χ1) is 11.8. The maximum Gasteiger partial charge on any atom is 0.405 e. The number of amides is 1. The van der Waals surface area contributed by atoms with Crippen LogP contribution in [-0.2, 0) is 4.79 Å². The predicted molar refractivity (Wildman–Crippen MR) is 91.2 cm³/mol. The van der Waals surface area contributed by atoms with E-state index < -0.39 is 24.5 Å². The van der Waals surface area contributed by atoms with E-state index in [2.05, 4.69) is 25.9 Å². The molecule has 5 nitrogen and oxygen atoms in total. The van der Waals surface area contributed by atoms with Gasteiger partial charge >= 0.3 is 6.18 Å². The molecule has 1 aliphatic heterocycles. The lowest BCUT2D eigenvalue weighted by Crippen LogP contribution is -2.45. The smallest absolute Gasteiger partial charge is 0.355 e. The first-order valence-electron chi connectivity index (χ1n) is 7.83. The van der Waals surface area contributed by atoms with Gasteiger partial charge in [0.2, 0.25) is 5.91 Å². The average Bonchev–Trinajstić information content (AvgIpc) is 2.58. The van der Waals surface area contributed by atoms with Crippen LogP contribution in [0.25, 0.3) is 10.9 Å². The fourth-order valence-corrected chi connectivity index (χ4v) is 3.34. The lowest BCUT2D eigenvalue weighted by molar-refractivity contribution is -0.140. The van der Waals surface area contributed by atoms with Crippen molar-refractivity contribution in [3.63, 3.8) is 0 Å². The minimum Gasteiger partial charge on any atom is -0.355 e. The lowest BCUT2D eigenvalue weighted by Gasteiger charge is -2.33. The highest BCUT2D eigenvalue weighted by atomic mass is 79.9. The maximum atomic E-state index is 12.3. The monoisotopic (exact) mass is 416 g/mol. The van der Waals surface area contributed by atoms with Crippen LogP contribution in [0.2, 0.25) is 0 Å². The number of hydrogen-bond donors (Lipinski definition) is 1. The summed E-state index contributed by atoms with van der Waals surface area (Å²) < 4.78 is 37.8. The van der Waals surface area contributed by atoms with Crippen LogP contribution in [0.15, 0.2) is 29.0 Å². The van der Waals surface area contributed by atoms with Crippen molar-refractivity contribution in [3.8, 4) is 0 Å². The summed E-state index contributed by atoms with van der Waals surface area (Å²) in [7, 11) is 0. The summed E-state index contributed by atoms with van der Waals surface area (Å²) in [6.07, 6.45) is -1.67. The van der Waals surface area contributed by atoms with Gasteiger partial charge in [-0.3, -0.25) is 4.79 Å². The zero-order valence-electron chi connectivity index (χ0n) is 13.2. The van der Waals surface area contributed by atoms with Crippen molar-refractivity contribution in [2.75, 3.05) is 24.5 Å². The van der Waals surface area contributed by atoms with Gasteiger partial charge in [0.15, 0.2) is 0 Å². The Kier molecular flexibility index (Phi) is 5.12. The highest BCUT2D eigenvalue weighted by Gasteiger charge is 2.32. The van der Waals surface area contributed by atoms with Crippen molar-refractivity contribution in [2.45, 2.75) is 19.0 Å². The second-order valence-electron chi connectivity index (χ2n) is 5.98. The predicted octanol–water partition coefficient (Wildman–Crippen LogP) is 3.29. The van der Waals surface area contributed by atoms with Gasteiger partial charge in [-0.1, -0.05) is 15.9 Å². The number of halogens is 4. The van der Waals surface area contributed by atoms with Crippen LogP contribution in [0.5, 0.6) is 0 Å². The fourth-order valence-electron chi connectivity index (χ4n) is 2.98. The van der Waals surface area contributed by atoms with E-state index >= 15 is 0 Å². The molecule has 9 heteroatoms. The average molecular weight is 417 g/mol. The SMILES string of the molecule is O=C(NCC(F)(F)F)C1CCCN(c2ncnc3ccc(Br)cc23)C1. The molecule has 1 unspecified atom stereocenters. The number of alkyl halides is 3. The summed E-state index contributed by atoms with van der Waals surface area (Å²) in [5.41, 5.74) is 0.775.